The van der Waals surface area contributed by atoms with E-state index in [1.165, 1.54) is 6.33 Å². The van der Waals surface area contributed by atoms with Crippen LogP contribution in [0.1, 0.15) is 23.3 Å². The molecule has 1 atom stereocenters. The van der Waals surface area contributed by atoms with Gasteiger partial charge in [0, 0.05) is 13.1 Å². The predicted octanol–water partition coefficient (Wildman–Crippen LogP) is 0.575. The van der Waals surface area contributed by atoms with Gasteiger partial charge in [0.25, 0.3) is 0 Å². The van der Waals surface area contributed by atoms with E-state index in [0.29, 0.717) is 11.6 Å². The van der Waals surface area contributed by atoms with Crippen LogP contribution in [0.2, 0.25) is 0 Å². The first-order valence-electron chi connectivity index (χ1n) is 5.23. The van der Waals surface area contributed by atoms with Crippen LogP contribution in [0.25, 0.3) is 0 Å². The van der Waals surface area contributed by atoms with E-state index in [4.69, 9.17) is 10.5 Å². The number of methoxy groups -OCH3 is 1. The van der Waals surface area contributed by atoms with Crippen molar-refractivity contribution < 1.29 is 4.74 Å². The Labute approximate surface area is 99.5 Å². The van der Waals surface area contributed by atoms with Crippen LogP contribution in [0, 0.1) is 6.92 Å². The van der Waals surface area contributed by atoms with Gasteiger partial charge in [-0.05, 0) is 6.92 Å². The number of imidazole rings is 1. The second kappa shape index (κ2) is 4.50. The van der Waals surface area contributed by atoms with Crippen LogP contribution in [0.3, 0.4) is 0 Å². The Morgan fingerprint density at radius 2 is 2.12 bits per heavy atom. The Morgan fingerprint density at radius 3 is 2.71 bits per heavy atom. The van der Waals surface area contributed by atoms with Gasteiger partial charge in [0.15, 0.2) is 0 Å². The monoisotopic (exact) mass is 233 g/mol. The van der Waals surface area contributed by atoms with Crippen molar-refractivity contribution in [2.24, 2.45) is 12.8 Å². The van der Waals surface area contributed by atoms with Crippen molar-refractivity contribution in [2.75, 3.05) is 7.11 Å². The van der Waals surface area contributed by atoms with Gasteiger partial charge in [0.1, 0.15) is 12.2 Å². The molecule has 0 aliphatic heterocycles. The van der Waals surface area contributed by atoms with Crippen molar-refractivity contribution in [2.45, 2.75) is 13.0 Å². The van der Waals surface area contributed by atoms with E-state index in [-0.39, 0.29) is 6.04 Å². The number of aryl methyl sites for hydroxylation is 1. The lowest BCUT2D eigenvalue weighted by molar-refractivity contribution is 0.395. The molecule has 0 aliphatic rings. The minimum absolute atomic E-state index is 0.335. The quantitative estimate of drug-likeness (QED) is 0.838. The molecule has 0 aliphatic carbocycles. The number of ether oxygens (including phenoxy) is 1. The van der Waals surface area contributed by atoms with Crippen molar-refractivity contribution in [3.63, 3.8) is 0 Å². The molecule has 0 aromatic carbocycles. The van der Waals surface area contributed by atoms with E-state index in [0.717, 1.165) is 11.5 Å². The van der Waals surface area contributed by atoms with Crippen molar-refractivity contribution in [1.29, 1.82) is 0 Å². The highest BCUT2D eigenvalue weighted by atomic mass is 16.5. The molecule has 90 valence electrons. The van der Waals surface area contributed by atoms with Gasteiger partial charge in [-0.25, -0.2) is 15.0 Å². The largest absolute Gasteiger partial charge is 0.481 e. The van der Waals surface area contributed by atoms with E-state index in [1.54, 1.807) is 19.4 Å². The van der Waals surface area contributed by atoms with E-state index < -0.39 is 0 Å². The van der Waals surface area contributed by atoms with Gasteiger partial charge in [-0.3, -0.25) is 0 Å². The molecule has 2 N–H and O–H groups in total. The minimum Gasteiger partial charge on any atom is -0.481 e. The Kier molecular flexibility index (Phi) is 3.06. The summed E-state index contributed by atoms with van der Waals surface area (Å²) in [6.07, 6.45) is 3.20. The lowest BCUT2D eigenvalue weighted by Crippen LogP contribution is -2.17. The van der Waals surface area contributed by atoms with Crippen molar-refractivity contribution in [3.8, 4) is 5.88 Å². The summed E-state index contributed by atoms with van der Waals surface area (Å²) in [6.45, 7) is 1.93. The summed E-state index contributed by atoms with van der Waals surface area (Å²) in [4.78, 5) is 12.3. The maximum absolute atomic E-state index is 6.15. The van der Waals surface area contributed by atoms with Crippen LogP contribution >= 0.6 is 0 Å². The molecule has 0 fully saturated rings. The number of hydrogen-bond acceptors (Lipinski definition) is 5. The zero-order chi connectivity index (χ0) is 12.4. The molecule has 6 heteroatoms. The van der Waals surface area contributed by atoms with Gasteiger partial charge in [-0.2, -0.15) is 0 Å². The zero-order valence-corrected chi connectivity index (χ0v) is 10.1. The van der Waals surface area contributed by atoms with E-state index in [2.05, 4.69) is 15.0 Å². The SMILES string of the molecule is COc1cc(C(N)c2cnc(C)n2C)ncn1. The standard InChI is InChI=1S/C11H15N5O/c1-7-13-5-9(16(7)2)11(12)8-4-10(17-3)15-6-14-8/h4-6,11H,12H2,1-3H3. The Morgan fingerprint density at radius 1 is 1.35 bits per heavy atom. The zero-order valence-electron chi connectivity index (χ0n) is 10.1. The predicted molar refractivity (Wildman–Crippen MR) is 62.6 cm³/mol. The summed E-state index contributed by atoms with van der Waals surface area (Å²) < 4.78 is 6.99. The van der Waals surface area contributed by atoms with Gasteiger partial charge in [-0.15, -0.1) is 0 Å². The normalized spacial score (nSPS) is 12.5. The van der Waals surface area contributed by atoms with Gasteiger partial charge in [0.2, 0.25) is 5.88 Å². The summed E-state index contributed by atoms with van der Waals surface area (Å²) in [5.74, 6) is 1.42. The lowest BCUT2D eigenvalue weighted by atomic mass is 10.1. The fraction of sp³-hybridized carbons (Fsp3) is 0.364. The smallest absolute Gasteiger partial charge is 0.216 e. The molecule has 17 heavy (non-hydrogen) atoms. The second-order valence-electron chi connectivity index (χ2n) is 3.75. The molecule has 2 aromatic rings. The molecule has 2 aromatic heterocycles. The summed E-state index contributed by atoms with van der Waals surface area (Å²) >= 11 is 0. The number of nitrogens with two attached hydrogens (primary N) is 1. The highest BCUT2D eigenvalue weighted by Gasteiger charge is 2.16. The molecule has 0 bridgehead atoms. The van der Waals surface area contributed by atoms with Crippen LogP contribution in [-0.4, -0.2) is 26.6 Å². The van der Waals surface area contributed by atoms with Crippen LogP contribution in [0.15, 0.2) is 18.6 Å². The van der Waals surface area contributed by atoms with E-state index >= 15 is 0 Å². The van der Waals surface area contributed by atoms with Crippen LogP contribution in [-0.2, 0) is 7.05 Å². The van der Waals surface area contributed by atoms with Crippen molar-refractivity contribution in [3.05, 3.63) is 35.8 Å². The molecule has 1 unspecified atom stereocenters. The van der Waals surface area contributed by atoms with E-state index in [9.17, 15) is 0 Å². The van der Waals surface area contributed by atoms with Gasteiger partial charge in [0.05, 0.1) is 30.7 Å². The average Bonchev–Trinajstić information content (AvgIpc) is 2.69. The van der Waals surface area contributed by atoms with Crippen molar-refractivity contribution >= 4 is 0 Å². The van der Waals surface area contributed by atoms with Gasteiger partial charge in [-0.1, -0.05) is 0 Å². The van der Waals surface area contributed by atoms with Gasteiger partial charge >= 0.3 is 0 Å². The summed E-state index contributed by atoms with van der Waals surface area (Å²) in [5, 5.41) is 0. The molecular formula is C11H15N5O. The fourth-order valence-corrected chi connectivity index (χ4v) is 1.60. The van der Waals surface area contributed by atoms with E-state index in [1.807, 2.05) is 18.5 Å². The van der Waals surface area contributed by atoms with Crippen molar-refractivity contribution in [1.82, 2.24) is 19.5 Å². The Hall–Kier alpha value is -1.95. The molecule has 0 saturated heterocycles. The van der Waals surface area contributed by atoms with Gasteiger partial charge < -0.3 is 15.0 Å². The summed E-state index contributed by atoms with van der Waals surface area (Å²) in [5.41, 5.74) is 7.76. The number of aromatic nitrogens is 4. The van der Waals surface area contributed by atoms with Crippen LogP contribution in [0.5, 0.6) is 5.88 Å². The second-order valence-corrected chi connectivity index (χ2v) is 3.75. The Balaban J connectivity index is 2.36. The highest BCUT2D eigenvalue weighted by Crippen LogP contribution is 2.19. The average molecular weight is 233 g/mol. The summed E-state index contributed by atoms with van der Waals surface area (Å²) in [6, 6.07) is 1.39. The first-order chi connectivity index (χ1) is 8.13. The number of rotatable bonds is 3. The highest BCUT2D eigenvalue weighted by molar-refractivity contribution is 5.24. The maximum atomic E-state index is 6.15. The number of nitrogens with zero attached hydrogens (tertiary/aromatic N) is 4. The van der Waals surface area contributed by atoms with Crippen LogP contribution < -0.4 is 10.5 Å². The van der Waals surface area contributed by atoms with Crippen LogP contribution in [0.4, 0.5) is 0 Å². The maximum Gasteiger partial charge on any atom is 0.216 e. The first kappa shape index (κ1) is 11.5. The minimum atomic E-state index is -0.335. The first-order valence-corrected chi connectivity index (χ1v) is 5.23. The summed E-state index contributed by atoms with van der Waals surface area (Å²) in [7, 11) is 3.49. The molecule has 0 spiro atoms. The lowest BCUT2D eigenvalue weighted by Gasteiger charge is -2.12. The Bertz CT molecular complexity index is 522. The molecule has 2 rings (SSSR count). The molecule has 0 radical (unpaired) electrons. The third kappa shape index (κ3) is 2.12. The molecule has 2 heterocycles. The third-order valence-electron chi connectivity index (χ3n) is 2.77. The fourth-order valence-electron chi connectivity index (χ4n) is 1.60. The molecular weight excluding hydrogens is 218 g/mol. The molecule has 0 amide bonds. The molecule has 0 saturated carbocycles. The third-order valence-corrected chi connectivity index (χ3v) is 2.77. The molecule has 6 nitrogen and oxygen atoms in total. The topological polar surface area (TPSA) is 78.9 Å². The number of hydrogen-bond donors (Lipinski definition) is 1.